The van der Waals surface area contributed by atoms with Crippen molar-refractivity contribution >= 4 is 6.29 Å². The Bertz CT molecular complexity index is 248. The minimum atomic E-state index is -1.61. The van der Waals surface area contributed by atoms with Crippen LogP contribution in [0.15, 0.2) is 0 Å². The van der Waals surface area contributed by atoms with E-state index in [2.05, 4.69) is 6.92 Å². The van der Waals surface area contributed by atoms with Crippen molar-refractivity contribution in [1.82, 2.24) is 0 Å². The molecule has 126 valence electrons. The maximum absolute atomic E-state index is 10.9. The van der Waals surface area contributed by atoms with Crippen molar-refractivity contribution in [3.63, 3.8) is 0 Å². The van der Waals surface area contributed by atoms with E-state index < -0.39 is 31.0 Å². The first kappa shape index (κ1) is 20.5. The summed E-state index contributed by atoms with van der Waals surface area (Å²) < 4.78 is 5.23. The smallest absolute Gasteiger partial charge is 0.151 e. The molecule has 0 aromatic rings. The fourth-order valence-electron chi connectivity index (χ4n) is 2.03. The van der Waals surface area contributed by atoms with Gasteiger partial charge in [0.25, 0.3) is 0 Å². The fraction of sp³-hybridized carbons (Fsp3) is 0.933. The summed E-state index contributed by atoms with van der Waals surface area (Å²) in [6.45, 7) is 1.79. The Morgan fingerprint density at radius 2 is 1.52 bits per heavy atom. The monoisotopic (exact) mass is 306 g/mol. The Morgan fingerprint density at radius 3 is 2.05 bits per heavy atom. The lowest BCUT2D eigenvalue weighted by Gasteiger charge is -2.25. The van der Waals surface area contributed by atoms with Gasteiger partial charge in [-0.2, -0.15) is 0 Å². The molecule has 0 heterocycles. The zero-order valence-corrected chi connectivity index (χ0v) is 12.9. The molecule has 0 radical (unpaired) electrons. The van der Waals surface area contributed by atoms with Crippen LogP contribution in [0.25, 0.3) is 0 Å². The number of aldehydes is 1. The summed E-state index contributed by atoms with van der Waals surface area (Å²) in [7, 11) is 0. The molecule has 0 aromatic heterocycles. The Kier molecular flexibility index (Phi) is 12.8. The van der Waals surface area contributed by atoms with Gasteiger partial charge in [-0.05, 0) is 6.42 Å². The second kappa shape index (κ2) is 13.2. The number of ether oxygens (including phenoxy) is 1. The van der Waals surface area contributed by atoms with Crippen LogP contribution >= 0.6 is 0 Å². The average molecular weight is 306 g/mol. The molecule has 4 N–H and O–H groups in total. The van der Waals surface area contributed by atoms with E-state index in [0.717, 1.165) is 19.3 Å². The second-order valence-corrected chi connectivity index (χ2v) is 5.32. The molecule has 6 heteroatoms. The van der Waals surface area contributed by atoms with Crippen LogP contribution in [0, 0.1) is 0 Å². The predicted molar refractivity (Wildman–Crippen MR) is 78.9 cm³/mol. The van der Waals surface area contributed by atoms with E-state index in [9.17, 15) is 20.1 Å². The molecule has 6 nitrogen and oxygen atoms in total. The van der Waals surface area contributed by atoms with Gasteiger partial charge in [0.1, 0.15) is 24.4 Å². The first-order chi connectivity index (χ1) is 10.1. The normalized spacial score (nSPS) is 17.2. The van der Waals surface area contributed by atoms with Crippen molar-refractivity contribution in [2.75, 3.05) is 13.2 Å². The summed E-state index contributed by atoms with van der Waals surface area (Å²) >= 11 is 0. The zero-order chi connectivity index (χ0) is 16.1. The van der Waals surface area contributed by atoms with Gasteiger partial charge in [0.15, 0.2) is 6.29 Å². The van der Waals surface area contributed by atoms with Crippen LogP contribution in [0.2, 0.25) is 0 Å². The molecule has 0 saturated heterocycles. The molecule has 0 spiro atoms. The summed E-state index contributed by atoms with van der Waals surface area (Å²) in [6, 6.07) is 0. The van der Waals surface area contributed by atoms with Gasteiger partial charge in [-0.1, -0.05) is 45.4 Å². The molecule has 0 amide bonds. The van der Waals surface area contributed by atoms with E-state index in [4.69, 9.17) is 9.84 Å². The zero-order valence-electron chi connectivity index (χ0n) is 12.9. The highest BCUT2D eigenvalue weighted by molar-refractivity contribution is 5.57. The van der Waals surface area contributed by atoms with Gasteiger partial charge >= 0.3 is 0 Å². The lowest BCUT2D eigenvalue weighted by atomic mass is 10.0. The highest BCUT2D eigenvalue weighted by Gasteiger charge is 2.31. The quantitative estimate of drug-likeness (QED) is 0.273. The second-order valence-electron chi connectivity index (χ2n) is 5.32. The Labute approximate surface area is 126 Å². The Balaban J connectivity index is 3.81. The standard InChI is InChI=1S/C15H30O6/c1-2-3-4-5-6-7-8-9-21-13(11-17)15(20)14(19)12(18)10-16/h11-16,18-20H,2-10H2,1H3/t12-,13+,14-,15-/m1/s1. The molecule has 0 fully saturated rings. The van der Waals surface area contributed by atoms with Crippen molar-refractivity contribution in [3.8, 4) is 0 Å². The van der Waals surface area contributed by atoms with E-state index >= 15 is 0 Å². The molecular weight excluding hydrogens is 276 g/mol. The van der Waals surface area contributed by atoms with Crippen molar-refractivity contribution in [2.24, 2.45) is 0 Å². The van der Waals surface area contributed by atoms with Gasteiger partial charge in [0, 0.05) is 6.61 Å². The number of unbranched alkanes of at least 4 members (excludes halogenated alkanes) is 6. The topological polar surface area (TPSA) is 107 Å². The maximum atomic E-state index is 10.9. The molecule has 0 saturated carbocycles. The summed E-state index contributed by atoms with van der Waals surface area (Å²) in [5.41, 5.74) is 0. The van der Waals surface area contributed by atoms with Crippen molar-refractivity contribution in [2.45, 2.75) is 76.3 Å². The van der Waals surface area contributed by atoms with Crippen LogP contribution < -0.4 is 0 Å². The first-order valence-electron chi connectivity index (χ1n) is 7.80. The van der Waals surface area contributed by atoms with Gasteiger partial charge in [-0.15, -0.1) is 0 Å². The molecule has 21 heavy (non-hydrogen) atoms. The van der Waals surface area contributed by atoms with E-state index in [1.807, 2.05) is 0 Å². The Morgan fingerprint density at radius 1 is 0.952 bits per heavy atom. The van der Waals surface area contributed by atoms with Gasteiger partial charge in [0.2, 0.25) is 0 Å². The van der Waals surface area contributed by atoms with Gasteiger partial charge in [-0.25, -0.2) is 0 Å². The lowest BCUT2D eigenvalue weighted by Crippen LogP contribution is -2.47. The van der Waals surface area contributed by atoms with E-state index in [-0.39, 0.29) is 0 Å². The van der Waals surface area contributed by atoms with Crippen molar-refractivity contribution < 1.29 is 30.0 Å². The summed E-state index contributed by atoms with van der Waals surface area (Å²) in [4.78, 5) is 10.9. The van der Waals surface area contributed by atoms with Crippen molar-refractivity contribution in [3.05, 3.63) is 0 Å². The largest absolute Gasteiger partial charge is 0.394 e. The third kappa shape index (κ3) is 9.16. The van der Waals surface area contributed by atoms with Gasteiger partial charge < -0.3 is 30.0 Å². The van der Waals surface area contributed by atoms with Crippen molar-refractivity contribution in [1.29, 1.82) is 0 Å². The van der Waals surface area contributed by atoms with Crippen LogP contribution in [0.1, 0.15) is 51.9 Å². The molecule has 0 unspecified atom stereocenters. The average Bonchev–Trinajstić information content (AvgIpc) is 2.51. The number of hydrogen-bond donors (Lipinski definition) is 4. The van der Waals surface area contributed by atoms with Crippen LogP contribution in [0.3, 0.4) is 0 Å². The van der Waals surface area contributed by atoms with Crippen LogP contribution in [-0.2, 0) is 9.53 Å². The van der Waals surface area contributed by atoms with E-state index in [1.54, 1.807) is 0 Å². The molecule has 0 rings (SSSR count). The molecule has 0 aliphatic carbocycles. The number of rotatable bonds is 14. The minimum absolute atomic E-state index is 0.316. The summed E-state index contributed by atoms with van der Waals surface area (Å²) in [5, 5.41) is 37.1. The third-order valence-electron chi connectivity index (χ3n) is 3.46. The predicted octanol–water partition coefficient (Wildman–Crippen LogP) is 0.396. The SMILES string of the molecule is CCCCCCCCCO[C@@H](C=O)[C@@H](O)[C@H](O)[C@H](O)CO. The van der Waals surface area contributed by atoms with E-state index in [1.165, 1.54) is 25.7 Å². The van der Waals surface area contributed by atoms with Crippen LogP contribution in [0.5, 0.6) is 0 Å². The molecule has 0 aromatic carbocycles. The Hall–Kier alpha value is -0.530. The van der Waals surface area contributed by atoms with Gasteiger partial charge in [0.05, 0.1) is 6.61 Å². The third-order valence-corrected chi connectivity index (χ3v) is 3.46. The number of aliphatic hydroxyl groups excluding tert-OH is 4. The van der Waals surface area contributed by atoms with E-state index in [0.29, 0.717) is 12.9 Å². The minimum Gasteiger partial charge on any atom is -0.394 e. The van der Waals surface area contributed by atoms with Crippen LogP contribution in [0.4, 0.5) is 0 Å². The lowest BCUT2D eigenvalue weighted by molar-refractivity contribution is -0.146. The maximum Gasteiger partial charge on any atom is 0.151 e. The molecule has 4 atom stereocenters. The molecule has 0 aliphatic rings. The first-order valence-corrected chi connectivity index (χ1v) is 7.80. The molecular formula is C15H30O6. The fourth-order valence-corrected chi connectivity index (χ4v) is 2.03. The van der Waals surface area contributed by atoms with Crippen LogP contribution in [-0.4, -0.2) is 64.3 Å². The summed E-state index contributed by atoms with van der Waals surface area (Å²) in [5.74, 6) is 0. The highest BCUT2D eigenvalue weighted by atomic mass is 16.5. The molecule has 0 aliphatic heterocycles. The number of hydrogen-bond acceptors (Lipinski definition) is 6. The number of carbonyl (C=O) groups is 1. The highest BCUT2D eigenvalue weighted by Crippen LogP contribution is 2.10. The number of carbonyl (C=O) groups excluding carboxylic acids is 1. The summed E-state index contributed by atoms with van der Waals surface area (Å²) in [6.07, 6.45) is 2.33. The van der Waals surface area contributed by atoms with Gasteiger partial charge in [-0.3, -0.25) is 0 Å². The molecule has 0 bridgehead atoms. The number of aliphatic hydroxyl groups is 4.